The summed E-state index contributed by atoms with van der Waals surface area (Å²) >= 11 is 0. The number of aromatic hydroxyl groups is 1. The highest BCUT2D eigenvalue weighted by molar-refractivity contribution is 6.33. The first kappa shape index (κ1) is 13.6. The summed E-state index contributed by atoms with van der Waals surface area (Å²) in [6.45, 7) is 0. The van der Waals surface area contributed by atoms with Gasteiger partial charge in [0, 0.05) is 17.4 Å². The number of nitrogens with zero attached hydrogens (tertiary/aromatic N) is 1. The van der Waals surface area contributed by atoms with E-state index < -0.39 is 39.1 Å². The van der Waals surface area contributed by atoms with Crippen molar-refractivity contribution in [1.29, 1.82) is 0 Å². The topological polar surface area (TPSA) is 150 Å². The molecule has 0 aromatic heterocycles. The molecule has 8 heteroatoms. The van der Waals surface area contributed by atoms with E-state index >= 15 is 0 Å². The zero-order chi connectivity index (χ0) is 16.2. The number of nitrogen functional groups attached to an aromatic ring is 2. The van der Waals surface area contributed by atoms with Crippen LogP contribution in [-0.2, 0) is 0 Å². The van der Waals surface area contributed by atoms with Gasteiger partial charge in [0.2, 0.25) is 11.6 Å². The van der Waals surface area contributed by atoms with Crippen molar-refractivity contribution in [2.75, 3.05) is 11.5 Å². The molecule has 8 nitrogen and oxygen atoms in total. The summed E-state index contributed by atoms with van der Waals surface area (Å²) in [5.41, 5.74) is 9.66. The molecule has 0 atom stereocenters. The van der Waals surface area contributed by atoms with Gasteiger partial charge in [0.1, 0.15) is 11.3 Å². The molecule has 0 saturated heterocycles. The maximum atomic E-state index is 12.6. The number of ketones is 2. The van der Waals surface area contributed by atoms with Crippen molar-refractivity contribution >= 4 is 28.6 Å². The number of fused-ring (bicyclic) bond motifs is 2. The molecule has 0 spiro atoms. The minimum absolute atomic E-state index is 0.00848. The number of benzene rings is 2. The Hall–Kier alpha value is -3.42. The number of hydrogen-bond donors (Lipinski definition) is 3. The summed E-state index contributed by atoms with van der Waals surface area (Å²) in [5, 5.41) is 21.0. The molecule has 0 radical (unpaired) electrons. The Balaban J connectivity index is 2.47. The Kier molecular flexibility index (Phi) is 2.64. The van der Waals surface area contributed by atoms with Gasteiger partial charge >= 0.3 is 0 Å². The van der Waals surface area contributed by atoms with Gasteiger partial charge in [-0.05, 0) is 18.2 Å². The van der Waals surface area contributed by atoms with Crippen LogP contribution >= 0.6 is 0 Å². The first-order valence-corrected chi connectivity index (χ1v) is 6.12. The van der Waals surface area contributed by atoms with Crippen molar-refractivity contribution in [3.63, 3.8) is 0 Å². The number of anilines is 2. The van der Waals surface area contributed by atoms with Crippen LogP contribution in [0.3, 0.4) is 0 Å². The van der Waals surface area contributed by atoms with Crippen molar-refractivity contribution in [3.8, 4) is 5.75 Å². The fourth-order valence-corrected chi connectivity index (χ4v) is 2.57. The monoisotopic (exact) mass is 299 g/mol. The second kappa shape index (κ2) is 4.29. The van der Waals surface area contributed by atoms with Gasteiger partial charge in [-0.25, -0.2) is 0 Å². The zero-order valence-corrected chi connectivity index (χ0v) is 11.0. The zero-order valence-electron chi connectivity index (χ0n) is 11.0. The van der Waals surface area contributed by atoms with Gasteiger partial charge in [0.05, 0.1) is 21.6 Å². The van der Waals surface area contributed by atoms with Crippen LogP contribution in [-0.4, -0.2) is 21.6 Å². The summed E-state index contributed by atoms with van der Waals surface area (Å²) in [5.74, 6) is -2.10. The molecular formula is C14H9N3O5. The van der Waals surface area contributed by atoms with E-state index in [1.54, 1.807) is 0 Å². The van der Waals surface area contributed by atoms with E-state index in [-0.39, 0.29) is 22.5 Å². The van der Waals surface area contributed by atoms with Crippen molar-refractivity contribution in [1.82, 2.24) is 0 Å². The van der Waals surface area contributed by atoms with Crippen LogP contribution in [0, 0.1) is 10.1 Å². The van der Waals surface area contributed by atoms with E-state index in [0.29, 0.717) is 0 Å². The molecule has 5 N–H and O–H groups in total. The standard InChI is InChI=1S/C14H9N3O5/c15-5-1-2-6(16)10-9(5)13(19)11-7(17(21)22)3-4-8(18)12(11)14(10)20/h1-4,18H,15-16H2. The van der Waals surface area contributed by atoms with Crippen LogP contribution in [0.15, 0.2) is 24.3 Å². The lowest BCUT2D eigenvalue weighted by Gasteiger charge is -2.20. The molecule has 1 aliphatic carbocycles. The third-order valence-corrected chi connectivity index (χ3v) is 3.54. The normalized spacial score (nSPS) is 12.7. The predicted molar refractivity (Wildman–Crippen MR) is 76.9 cm³/mol. The van der Waals surface area contributed by atoms with Gasteiger partial charge in [0.25, 0.3) is 5.69 Å². The van der Waals surface area contributed by atoms with Gasteiger partial charge in [-0.15, -0.1) is 0 Å². The number of phenols is 1. The molecule has 110 valence electrons. The third-order valence-electron chi connectivity index (χ3n) is 3.54. The van der Waals surface area contributed by atoms with Gasteiger partial charge in [0.15, 0.2) is 0 Å². The molecular weight excluding hydrogens is 290 g/mol. The van der Waals surface area contributed by atoms with Gasteiger partial charge in [-0.1, -0.05) is 0 Å². The van der Waals surface area contributed by atoms with Crippen LogP contribution in [0.1, 0.15) is 31.8 Å². The maximum Gasteiger partial charge on any atom is 0.281 e. The molecule has 0 bridgehead atoms. The lowest BCUT2D eigenvalue weighted by Crippen LogP contribution is -2.25. The number of carbonyl (C=O) groups is 2. The summed E-state index contributed by atoms with van der Waals surface area (Å²) < 4.78 is 0. The van der Waals surface area contributed by atoms with Crippen LogP contribution in [0.5, 0.6) is 5.75 Å². The van der Waals surface area contributed by atoms with Crippen LogP contribution in [0.4, 0.5) is 17.1 Å². The van der Waals surface area contributed by atoms with E-state index in [2.05, 4.69) is 0 Å². The van der Waals surface area contributed by atoms with E-state index in [1.807, 2.05) is 0 Å². The molecule has 1 aliphatic rings. The highest BCUT2D eigenvalue weighted by atomic mass is 16.6. The largest absolute Gasteiger partial charge is 0.507 e. The fraction of sp³-hybridized carbons (Fsp3) is 0. The summed E-state index contributed by atoms with van der Waals surface area (Å²) in [7, 11) is 0. The average molecular weight is 299 g/mol. The lowest BCUT2D eigenvalue weighted by molar-refractivity contribution is -0.385. The molecule has 0 saturated carbocycles. The highest BCUT2D eigenvalue weighted by Gasteiger charge is 2.39. The molecule has 0 fully saturated rings. The van der Waals surface area contributed by atoms with Gasteiger partial charge in [-0.2, -0.15) is 0 Å². The van der Waals surface area contributed by atoms with Crippen molar-refractivity contribution in [3.05, 3.63) is 56.6 Å². The first-order valence-electron chi connectivity index (χ1n) is 6.12. The summed E-state index contributed by atoms with van der Waals surface area (Å²) in [6.07, 6.45) is 0. The van der Waals surface area contributed by atoms with E-state index in [9.17, 15) is 24.8 Å². The molecule has 3 rings (SSSR count). The average Bonchev–Trinajstić information content (AvgIpc) is 2.46. The van der Waals surface area contributed by atoms with Gasteiger partial charge in [-0.3, -0.25) is 19.7 Å². The maximum absolute atomic E-state index is 12.6. The van der Waals surface area contributed by atoms with E-state index in [1.165, 1.54) is 12.1 Å². The predicted octanol–water partition coefficient (Wildman–Crippen LogP) is 1.24. The fourth-order valence-electron chi connectivity index (χ4n) is 2.57. The number of carbonyl (C=O) groups excluding carboxylic acids is 2. The number of nitrogens with two attached hydrogens (primary N) is 2. The number of hydrogen-bond acceptors (Lipinski definition) is 7. The molecule has 0 amide bonds. The molecule has 0 heterocycles. The summed E-state index contributed by atoms with van der Waals surface area (Å²) in [4.78, 5) is 35.5. The van der Waals surface area contributed by atoms with Crippen LogP contribution in [0.25, 0.3) is 0 Å². The Bertz CT molecular complexity index is 889. The molecule has 2 aromatic rings. The molecule has 2 aromatic carbocycles. The smallest absolute Gasteiger partial charge is 0.281 e. The second-order valence-corrected chi connectivity index (χ2v) is 4.76. The van der Waals surface area contributed by atoms with Gasteiger partial charge < -0.3 is 16.6 Å². The number of nitro benzene ring substituents is 1. The minimum atomic E-state index is -0.808. The Morgan fingerprint density at radius 3 is 1.86 bits per heavy atom. The Morgan fingerprint density at radius 1 is 0.864 bits per heavy atom. The number of rotatable bonds is 1. The van der Waals surface area contributed by atoms with Crippen molar-refractivity contribution in [2.24, 2.45) is 0 Å². The van der Waals surface area contributed by atoms with E-state index in [4.69, 9.17) is 11.5 Å². The SMILES string of the molecule is Nc1ccc(N)c2c1C(=O)c1c(O)ccc([N+](=O)[O-])c1C2=O. The molecule has 0 unspecified atom stereocenters. The summed E-state index contributed by atoms with van der Waals surface area (Å²) in [6, 6.07) is 4.67. The third kappa shape index (κ3) is 1.57. The first-order chi connectivity index (χ1) is 10.3. The Morgan fingerprint density at radius 2 is 1.36 bits per heavy atom. The quantitative estimate of drug-likeness (QED) is 0.347. The minimum Gasteiger partial charge on any atom is -0.507 e. The second-order valence-electron chi connectivity index (χ2n) is 4.76. The number of nitro groups is 1. The van der Waals surface area contributed by atoms with Crippen molar-refractivity contribution < 1.29 is 19.6 Å². The highest BCUT2D eigenvalue weighted by Crippen LogP contribution is 2.41. The Labute approximate surface area is 123 Å². The van der Waals surface area contributed by atoms with Crippen molar-refractivity contribution in [2.45, 2.75) is 0 Å². The van der Waals surface area contributed by atoms with Crippen LogP contribution in [0.2, 0.25) is 0 Å². The van der Waals surface area contributed by atoms with E-state index in [0.717, 1.165) is 12.1 Å². The molecule has 22 heavy (non-hydrogen) atoms. The number of phenolic OH excluding ortho intramolecular Hbond substituents is 1. The van der Waals surface area contributed by atoms with Crippen LogP contribution < -0.4 is 11.5 Å². The lowest BCUT2D eigenvalue weighted by atomic mass is 9.81. The molecule has 0 aliphatic heterocycles.